The van der Waals surface area contributed by atoms with Gasteiger partial charge < -0.3 is 5.32 Å². The molecule has 0 spiro atoms. The summed E-state index contributed by atoms with van der Waals surface area (Å²) in [6.45, 7) is 2.10. The highest BCUT2D eigenvalue weighted by Gasteiger charge is 2.15. The van der Waals surface area contributed by atoms with Crippen LogP contribution in [0.25, 0.3) is 10.8 Å². The zero-order chi connectivity index (χ0) is 13.9. The highest BCUT2D eigenvalue weighted by Crippen LogP contribution is 2.25. The van der Waals surface area contributed by atoms with Crippen LogP contribution in [-0.2, 0) is 0 Å². The topological polar surface area (TPSA) is 24.9 Å². The van der Waals surface area contributed by atoms with E-state index in [1.165, 1.54) is 21.9 Å². The second kappa shape index (κ2) is 5.43. The fraction of sp³-hybridized carbons (Fsp3) is 0.167. The monoisotopic (exact) mass is 262 g/mol. The summed E-state index contributed by atoms with van der Waals surface area (Å²) in [5, 5.41) is 5.91. The minimum Gasteiger partial charge on any atom is -0.308 e. The average Bonchev–Trinajstić information content (AvgIpc) is 2.50. The van der Waals surface area contributed by atoms with Gasteiger partial charge in [-0.3, -0.25) is 4.98 Å². The van der Waals surface area contributed by atoms with Crippen molar-refractivity contribution in [2.24, 2.45) is 0 Å². The predicted molar refractivity (Wildman–Crippen MR) is 83.8 cm³/mol. The number of nitrogens with one attached hydrogen (secondary N) is 1. The van der Waals surface area contributed by atoms with E-state index in [0.29, 0.717) is 0 Å². The lowest BCUT2D eigenvalue weighted by Gasteiger charge is -2.18. The molecule has 0 bridgehead atoms. The van der Waals surface area contributed by atoms with E-state index in [1.807, 2.05) is 19.3 Å². The van der Waals surface area contributed by atoms with E-state index in [-0.39, 0.29) is 6.04 Å². The number of fused-ring (bicyclic) bond motifs is 1. The normalized spacial score (nSPS) is 12.5. The lowest BCUT2D eigenvalue weighted by Crippen LogP contribution is -2.19. The Labute approximate surface area is 119 Å². The molecule has 1 N–H and O–H groups in total. The van der Waals surface area contributed by atoms with Crippen molar-refractivity contribution in [3.8, 4) is 0 Å². The smallest absolute Gasteiger partial charge is 0.0751 e. The summed E-state index contributed by atoms with van der Waals surface area (Å²) in [4.78, 5) is 4.54. The third kappa shape index (κ3) is 2.30. The number of rotatable bonds is 3. The molecule has 3 rings (SSSR count). The number of nitrogens with zero attached hydrogens (tertiary/aromatic N) is 1. The van der Waals surface area contributed by atoms with Gasteiger partial charge in [0.2, 0.25) is 0 Å². The van der Waals surface area contributed by atoms with Crippen molar-refractivity contribution < 1.29 is 0 Å². The molecule has 2 heteroatoms. The van der Waals surface area contributed by atoms with E-state index in [4.69, 9.17) is 0 Å². The first kappa shape index (κ1) is 12.8. The summed E-state index contributed by atoms with van der Waals surface area (Å²) in [5.74, 6) is 0. The molecule has 1 atom stereocenters. The van der Waals surface area contributed by atoms with Gasteiger partial charge in [-0.25, -0.2) is 0 Å². The summed E-state index contributed by atoms with van der Waals surface area (Å²) < 4.78 is 0. The minimum atomic E-state index is 0.126. The van der Waals surface area contributed by atoms with Crippen molar-refractivity contribution in [2.75, 3.05) is 7.05 Å². The Morgan fingerprint density at radius 3 is 2.50 bits per heavy atom. The van der Waals surface area contributed by atoms with Gasteiger partial charge in [-0.2, -0.15) is 0 Å². The maximum atomic E-state index is 4.54. The molecule has 2 aromatic carbocycles. The Balaban J connectivity index is 2.10. The van der Waals surface area contributed by atoms with E-state index in [9.17, 15) is 0 Å². The second-order valence-electron chi connectivity index (χ2n) is 5.03. The van der Waals surface area contributed by atoms with Crippen molar-refractivity contribution in [3.05, 3.63) is 77.6 Å². The van der Waals surface area contributed by atoms with Gasteiger partial charge in [0.05, 0.1) is 11.7 Å². The number of hydrogen-bond acceptors (Lipinski definition) is 2. The maximum absolute atomic E-state index is 4.54. The Morgan fingerprint density at radius 2 is 1.75 bits per heavy atom. The standard InChI is InChI=1S/C18H18N2/c1-13-6-5-11-20-17(13)18(19-2)16-10-9-14-7-3-4-8-15(14)12-16/h3-12,18-19H,1-2H3. The van der Waals surface area contributed by atoms with Crippen LogP contribution in [0.4, 0.5) is 0 Å². The zero-order valence-electron chi connectivity index (χ0n) is 11.8. The molecule has 0 aliphatic rings. The molecule has 100 valence electrons. The van der Waals surface area contributed by atoms with Crippen LogP contribution in [-0.4, -0.2) is 12.0 Å². The van der Waals surface area contributed by atoms with Crippen LogP contribution in [0.2, 0.25) is 0 Å². The molecule has 0 amide bonds. The van der Waals surface area contributed by atoms with Gasteiger partial charge in [-0.05, 0) is 48.0 Å². The van der Waals surface area contributed by atoms with Gasteiger partial charge in [0, 0.05) is 6.20 Å². The van der Waals surface area contributed by atoms with Gasteiger partial charge >= 0.3 is 0 Å². The maximum Gasteiger partial charge on any atom is 0.0751 e. The van der Waals surface area contributed by atoms with Crippen molar-refractivity contribution in [3.63, 3.8) is 0 Å². The summed E-state index contributed by atoms with van der Waals surface area (Å²) in [5.41, 5.74) is 3.54. The molecule has 0 fully saturated rings. The fourth-order valence-corrected chi connectivity index (χ4v) is 2.65. The molecule has 20 heavy (non-hydrogen) atoms. The quantitative estimate of drug-likeness (QED) is 0.775. The Bertz CT molecular complexity index is 734. The summed E-state index contributed by atoms with van der Waals surface area (Å²) >= 11 is 0. The molecule has 0 aliphatic carbocycles. The third-order valence-corrected chi connectivity index (χ3v) is 3.72. The third-order valence-electron chi connectivity index (χ3n) is 3.72. The largest absolute Gasteiger partial charge is 0.308 e. The highest BCUT2D eigenvalue weighted by atomic mass is 14.9. The van der Waals surface area contributed by atoms with Gasteiger partial charge in [0.15, 0.2) is 0 Å². The molecule has 3 aromatic rings. The van der Waals surface area contributed by atoms with Crippen molar-refractivity contribution in [1.29, 1.82) is 0 Å². The number of benzene rings is 2. The molecular weight excluding hydrogens is 244 g/mol. The lowest BCUT2D eigenvalue weighted by molar-refractivity contribution is 0.667. The van der Waals surface area contributed by atoms with Gasteiger partial charge in [-0.1, -0.05) is 42.5 Å². The Kier molecular flexibility index (Phi) is 3.48. The molecule has 1 unspecified atom stereocenters. The molecular formula is C18H18N2. The number of pyridine rings is 1. The zero-order valence-corrected chi connectivity index (χ0v) is 11.8. The van der Waals surface area contributed by atoms with Crippen LogP contribution in [0.15, 0.2) is 60.8 Å². The first-order valence-electron chi connectivity index (χ1n) is 6.87. The highest BCUT2D eigenvalue weighted by molar-refractivity contribution is 5.83. The second-order valence-corrected chi connectivity index (χ2v) is 5.03. The van der Waals surface area contributed by atoms with Crippen LogP contribution >= 0.6 is 0 Å². The van der Waals surface area contributed by atoms with E-state index in [2.05, 4.69) is 65.8 Å². The van der Waals surface area contributed by atoms with Crippen molar-refractivity contribution in [1.82, 2.24) is 10.3 Å². The van der Waals surface area contributed by atoms with E-state index in [1.54, 1.807) is 0 Å². The van der Waals surface area contributed by atoms with E-state index in [0.717, 1.165) is 5.69 Å². The first-order valence-corrected chi connectivity index (χ1v) is 6.87. The predicted octanol–water partition coefficient (Wildman–Crippen LogP) is 3.85. The van der Waals surface area contributed by atoms with Crippen LogP contribution in [0, 0.1) is 6.92 Å². The summed E-state index contributed by atoms with van der Waals surface area (Å²) in [7, 11) is 1.98. The number of aromatic nitrogens is 1. The average molecular weight is 262 g/mol. The van der Waals surface area contributed by atoms with E-state index < -0.39 is 0 Å². The summed E-state index contributed by atoms with van der Waals surface area (Å²) in [6, 6.07) is 19.2. The van der Waals surface area contributed by atoms with Crippen LogP contribution < -0.4 is 5.32 Å². The van der Waals surface area contributed by atoms with E-state index >= 15 is 0 Å². The first-order chi connectivity index (χ1) is 9.79. The molecule has 1 heterocycles. The van der Waals surface area contributed by atoms with Crippen molar-refractivity contribution >= 4 is 10.8 Å². The number of aryl methyl sites for hydroxylation is 1. The van der Waals surface area contributed by atoms with Crippen molar-refractivity contribution in [2.45, 2.75) is 13.0 Å². The molecule has 1 aromatic heterocycles. The molecule has 0 radical (unpaired) electrons. The Morgan fingerprint density at radius 1 is 0.950 bits per heavy atom. The summed E-state index contributed by atoms with van der Waals surface area (Å²) in [6.07, 6.45) is 1.85. The van der Waals surface area contributed by atoms with Crippen LogP contribution in [0.1, 0.15) is 22.9 Å². The minimum absolute atomic E-state index is 0.126. The molecule has 0 saturated carbocycles. The van der Waals surface area contributed by atoms with Crippen LogP contribution in [0.5, 0.6) is 0 Å². The molecule has 0 aliphatic heterocycles. The van der Waals surface area contributed by atoms with Gasteiger partial charge in [0.1, 0.15) is 0 Å². The molecule has 2 nitrogen and oxygen atoms in total. The van der Waals surface area contributed by atoms with Gasteiger partial charge in [0.25, 0.3) is 0 Å². The molecule has 0 saturated heterocycles. The Hall–Kier alpha value is -2.19. The lowest BCUT2D eigenvalue weighted by atomic mass is 9.97. The SMILES string of the molecule is CNC(c1ccc2ccccc2c1)c1ncccc1C. The number of hydrogen-bond donors (Lipinski definition) is 1. The van der Waals surface area contributed by atoms with Gasteiger partial charge in [-0.15, -0.1) is 0 Å². The van der Waals surface area contributed by atoms with Crippen LogP contribution in [0.3, 0.4) is 0 Å². The fourth-order valence-electron chi connectivity index (χ4n) is 2.65.